The van der Waals surface area contributed by atoms with E-state index in [1.54, 1.807) is 46.4 Å². The zero-order chi connectivity index (χ0) is 36.3. The number of fused-ring (bicyclic) bond motifs is 5. The van der Waals surface area contributed by atoms with Crippen molar-refractivity contribution in [3.8, 4) is 22.7 Å². The second-order valence-electron chi connectivity index (χ2n) is 13.9. The number of piperazine rings is 1. The Hall–Kier alpha value is -4.82. The summed E-state index contributed by atoms with van der Waals surface area (Å²) in [7, 11) is 0. The standard InChI is InChI=1S/C35H37F5N6O4/c1-18(2)27-29-20(10-12-41-27)9-11-35(39,40)17-49-24-8-7-22(36)26(38)25(24)28-23(37)15-21-30(43-32(47)46(29)31(21)42-28)45-14-13-44(16-19(45)3)33(48)50-34(4,5)6/h7-8,10,12,15,18-19H,9,11,13-14,16-17H2,1-6H3/t19-/m0/s1. The molecule has 2 bridgehead atoms. The predicted molar refractivity (Wildman–Crippen MR) is 176 cm³/mol. The summed E-state index contributed by atoms with van der Waals surface area (Å²) >= 11 is 0. The van der Waals surface area contributed by atoms with Crippen LogP contribution in [0.4, 0.5) is 32.6 Å². The zero-order valence-corrected chi connectivity index (χ0v) is 28.5. The molecule has 1 amide bonds. The first kappa shape index (κ1) is 35.0. The van der Waals surface area contributed by atoms with E-state index in [0.717, 1.165) is 16.7 Å². The molecule has 10 nitrogen and oxygen atoms in total. The van der Waals surface area contributed by atoms with E-state index in [2.05, 4.69) is 15.0 Å². The largest absolute Gasteiger partial charge is 0.486 e. The van der Waals surface area contributed by atoms with Crippen molar-refractivity contribution in [2.45, 2.75) is 77.9 Å². The van der Waals surface area contributed by atoms with Gasteiger partial charge in [0.2, 0.25) is 0 Å². The number of pyridine rings is 2. The molecule has 1 atom stereocenters. The molecule has 4 aromatic rings. The van der Waals surface area contributed by atoms with Crippen molar-refractivity contribution in [3.05, 3.63) is 69.7 Å². The van der Waals surface area contributed by atoms with Crippen LogP contribution >= 0.6 is 0 Å². The van der Waals surface area contributed by atoms with Crippen LogP contribution in [0, 0.1) is 17.5 Å². The van der Waals surface area contributed by atoms with Crippen molar-refractivity contribution < 1.29 is 36.2 Å². The van der Waals surface area contributed by atoms with E-state index in [4.69, 9.17) is 9.47 Å². The molecule has 1 saturated heterocycles. The Balaban J connectivity index is 1.63. The maximum atomic E-state index is 16.3. The summed E-state index contributed by atoms with van der Waals surface area (Å²) in [4.78, 5) is 43.7. The number of nitrogens with zero attached hydrogens (tertiary/aromatic N) is 6. The van der Waals surface area contributed by atoms with E-state index < -0.39 is 76.8 Å². The number of aryl methyl sites for hydroxylation is 1. The molecule has 0 saturated carbocycles. The Bertz CT molecular complexity index is 2050. The molecule has 0 radical (unpaired) electrons. The second kappa shape index (κ2) is 12.8. The Morgan fingerprint density at radius 3 is 2.50 bits per heavy atom. The van der Waals surface area contributed by atoms with Crippen molar-refractivity contribution in [1.82, 2.24) is 24.4 Å². The van der Waals surface area contributed by atoms with Crippen LogP contribution in [0.1, 0.15) is 65.1 Å². The SMILES string of the molecule is CC(C)c1nccc2c1-n1c(=O)nc(N3CCN(C(=O)OC(C)(C)C)C[C@@H]3C)c3cc(F)c(nc31)-c1c(ccc(F)c1F)OCC(F)(F)CC2. The highest BCUT2D eigenvalue weighted by atomic mass is 19.3. The highest BCUT2D eigenvalue weighted by Crippen LogP contribution is 2.39. The molecule has 50 heavy (non-hydrogen) atoms. The maximum Gasteiger partial charge on any atom is 0.410 e. The lowest BCUT2D eigenvalue weighted by molar-refractivity contribution is -0.0472. The third kappa shape index (κ3) is 6.56. The predicted octanol–water partition coefficient (Wildman–Crippen LogP) is 6.79. The first-order valence-corrected chi connectivity index (χ1v) is 16.3. The minimum Gasteiger partial charge on any atom is -0.486 e. The molecule has 1 aromatic carbocycles. The summed E-state index contributed by atoms with van der Waals surface area (Å²) in [5.74, 6) is -8.38. The molecule has 0 aliphatic carbocycles. The van der Waals surface area contributed by atoms with Gasteiger partial charge in [0, 0.05) is 38.3 Å². The van der Waals surface area contributed by atoms with Gasteiger partial charge in [-0.2, -0.15) is 4.98 Å². The van der Waals surface area contributed by atoms with Crippen molar-refractivity contribution in [1.29, 1.82) is 0 Å². The van der Waals surface area contributed by atoms with Crippen LogP contribution in [-0.4, -0.2) is 74.3 Å². The van der Waals surface area contributed by atoms with E-state index in [-0.39, 0.29) is 54.5 Å². The summed E-state index contributed by atoms with van der Waals surface area (Å²) in [5, 5.41) is 0.0346. The summed E-state index contributed by atoms with van der Waals surface area (Å²) in [5.41, 5.74) is -2.53. The van der Waals surface area contributed by atoms with Crippen LogP contribution in [0.25, 0.3) is 28.0 Å². The first-order chi connectivity index (χ1) is 23.5. The molecule has 266 valence electrons. The van der Waals surface area contributed by atoms with Gasteiger partial charge in [-0.15, -0.1) is 0 Å². The fraction of sp³-hybridized carbons (Fsp3) is 0.457. The minimum absolute atomic E-state index is 0.0346. The maximum absolute atomic E-state index is 16.3. The fourth-order valence-corrected chi connectivity index (χ4v) is 6.31. The van der Waals surface area contributed by atoms with E-state index in [1.165, 1.54) is 17.2 Å². The molecule has 0 N–H and O–H groups in total. The number of carbonyl (C=O) groups excluding carboxylic acids is 1. The van der Waals surface area contributed by atoms with Gasteiger partial charge in [0.25, 0.3) is 5.92 Å². The van der Waals surface area contributed by atoms with E-state index in [0.29, 0.717) is 17.3 Å². The molecule has 6 rings (SSSR count). The lowest BCUT2D eigenvalue weighted by atomic mass is 9.99. The number of carbonyl (C=O) groups is 1. The smallest absolute Gasteiger partial charge is 0.410 e. The van der Waals surface area contributed by atoms with Gasteiger partial charge < -0.3 is 19.3 Å². The highest BCUT2D eigenvalue weighted by Gasteiger charge is 2.36. The van der Waals surface area contributed by atoms with Gasteiger partial charge >= 0.3 is 11.8 Å². The number of anilines is 1. The molecule has 5 heterocycles. The summed E-state index contributed by atoms with van der Waals surface area (Å²) < 4.78 is 89.0. The number of benzene rings is 1. The normalized spacial score (nSPS) is 17.8. The van der Waals surface area contributed by atoms with Crippen LogP contribution in [-0.2, 0) is 11.2 Å². The summed E-state index contributed by atoms with van der Waals surface area (Å²) in [6.45, 7) is 10.0. The number of rotatable bonds is 2. The monoisotopic (exact) mass is 700 g/mol. The van der Waals surface area contributed by atoms with Crippen molar-refractivity contribution in [2.75, 3.05) is 31.1 Å². The lowest BCUT2D eigenvalue weighted by Crippen LogP contribution is -2.55. The van der Waals surface area contributed by atoms with Crippen molar-refractivity contribution in [3.63, 3.8) is 0 Å². The number of ether oxygens (including phenoxy) is 2. The van der Waals surface area contributed by atoms with Gasteiger partial charge in [-0.05, 0) is 69.9 Å². The Kier molecular flexibility index (Phi) is 8.97. The molecule has 15 heteroatoms. The van der Waals surface area contributed by atoms with Gasteiger partial charge in [-0.3, -0.25) is 4.98 Å². The fourth-order valence-electron chi connectivity index (χ4n) is 6.31. The van der Waals surface area contributed by atoms with E-state index in [1.807, 2.05) is 0 Å². The van der Waals surface area contributed by atoms with Gasteiger partial charge in [-0.25, -0.2) is 41.1 Å². The third-order valence-electron chi connectivity index (χ3n) is 8.65. The third-order valence-corrected chi connectivity index (χ3v) is 8.65. The summed E-state index contributed by atoms with van der Waals surface area (Å²) in [6.07, 6.45) is -0.0266. The van der Waals surface area contributed by atoms with Gasteiger partial charge in [-0.1, -0.05) is 13.8 Å². The van der Waals surface area contributed by atoms with E-state index in [9.17, 15) is 14.0 Å². The van der Waals surface area contributed by atoms with Gasteiger partial charge in [0.15, 0.2) is 29.7 Å². The number of amides is 1. The van der Waals surface area contributed by atoms with Crippen LogP contribution in [0.15, 0.2) is 35.3 Å². The number of hydrogen-bond donors (Lipinski definition) is 0. The Morgan fingerprint density at radius 1 is 1.08 bits per heavy atom. The number of alkyl halides is 2. The zero-order valence-electron chi connectivity index (χ0n) is 28.5. The highest BCUT2D eigenvalue weighted by molar-refractivity contribution is 5.91. The van der Waals surface area contributed by atoms with Crippen molar-refractivity contribution in [2.24, 2.45) is 0 Å². The molecule has 1 fully saturated rings. The average molecular weight is 701 g/mol. The molecule has 2 aliphatic rings. The number of hydrogen-bond acceptors (Lipinski definition) is 8. The molecule has 0 spiro atoms. The average Bonchev–Trinajstić information content (AvgIpc) is 3.03. The quantitative estimate of drug-likeness (QED) is 0.211. The molecule has 3 aromatic heterocycles. The topological polar surface area (TPSA) is 103 Å². The number of halogens is 5. The van der Waals surface area contributed by atoms with Gasteiger partial charge in [0.05, 0.1) is 22.3 Å². The molecule has 2 aliphatic heterocycles. The molecular formula is C35H37F5N6O4. The Labute approximate surface area is 284 Å². The molecule has 0 unspecified atom stereocenters. The van der Waals surface area contributed by atoms with Crippen LogP contribution in [0.5, 0.6) is 5.75 Å². The Morgan fingerprint density at radius 2 is 1.82 bits per heavy atom. The van der Waals surface area contributed by atoms with Crippen LogP contribution in [0.2, 0.25) is 0 Å². The van der Waals surface area contributed by atoms with Crippen molar-refractivity contribution >= 4 is 22.9 Å². The summed E-state index contributed by atoms with van der Waals surface area (Å²) in [6, 6.07) is 3.70. The lowest BCUT2D eigenvalue weighted by Gasteiger charge is -2.41. The minimum atomic E-state index is -3.46. The first-order valence-electron chi connectivity index (χ1n) is 16.3. The number of aromatic nitrogens is 4. The van der Waals surface area contributed by atoms with E-state index >= 15 is 17.6 Å². The van der Waals surface area contributed by atoms with Crippen LogP contribution in [0.3, 0.4) is 0 Å². The van der Waals surface area contributed by atoms with Crippen LogP contribution < -0.4 is 15.3 Å². The van der Waals surface area contributed by atoms with Gasteiger partial charge in [0.1, 0.15) is 22.9 Å². The molecular weight excluding hydrogens is 663 g/mol. The second-order valence-corrected chi connectivity index (χ2v) is 13.9.